The van der Waals surface area contributed by atoms with Gasteiger partial charge in [0.1, 0.15) is 48.3 Å². The number of aliphatic hydroxyl groups is 2. The number of carbonyl (C=O) groups excluding carboxylic acids is 5. The average molecular weight is 979 g/mol. The highest BCUT2D eigenvalue weighted by atomic mass is 16.7. The lowest BCUT2D eigenvalue weighted by atomic mass is 9.79. The number of cyclic esters (lactones) is 1. The maximum absolute atomic E-state index is 13.8. The number of nitrogens with zero attached hydrogens (tertiary/aromatic N) is 2. The van der Waals surface area contributed by atoms with E-state index < -0.39 is 121 Å². The molecule has 0 spiro atoms. The second-order valence-electron chi connectivity index (χ2n) is 19.5. The van der Waals surface area contributed by atoms with E-state index in [-0.39, 0.29) is 38.2 Å². The fourth-order valence-electron chi connectivity index (χ4n) is 10.2. The summed E-state index contributed by atoms with van der Waals surface area (Å²) in [6, 6.07) is 9.44. The Hall–Kier alpha value is -3.59. The summed E-state index contributed by atoms with van der Waals surface area (Å²) in [5.74, 6) is -4.45. The molecule has 392 valence electrons. The molecule has 0 aliphatic carbocycles. The van der Waals surface area contributed by atoms with E-state index >= 15 is 0 Å². The van der Waals surface area contributed by atoms with Gasteiger partial charge in [-0.1, -0.05) is 44.2 Å². The van der Waals surface area contributed by atoms with E-state index in [4.69, 9.17) is 42.6 Å². The number of carbonyl (C=O) groups is 5. The highest BCUT2D eigenvalue weighted by molar-refractivity contribution is 5.76. The van der Waals surface area contributed by atoms with E-state index in [2.05, 4.69) is 17.0 Å². The molecule has 18 heteroatoms. The molecule has 16 atom stereocenters. The third-order valence-corrected chi connectivity index (χ3v) is 13.7. The molecule has 0 amide bonds. The van der Waals surface area contributed by atoms with Gasteiger partial charge in [-0.2, -0.15) is 0 Å². The van der Waals surface area contributed by atoms with Crippen molar-refractivity contribution in [2.45, 2.75) is 192 Å². The molecule has 0 bridgehead atoms. The average Bonchev–Trinajstić information content (AvgIpc) is 3.27. The van der Waals surface area contributed by atoms with Gasteiger partial charge in [0, 0.05) is 46.4 Å². The summed E-state index contributed by atoms with van der Waals surface area (Å²) in [4.78, 5) is 68.9. The first-order valence-corrected chi connectivity index (χ1v) is 24.9. The zero-order valence-corrected chi connectivity index (χ0v) is 42.8. The van der Waals surface area contributed by atoms with Crippen molar-refractivity contribution in [3.63, 3.8) is 0 Å². The monoisotopic (exact) mass is 979 g/mol. The van der Waals surface area contributed by atoms with Crippen LogP contribution in [0.4, 0.5) is 0 Å². The van der Waals surface area contributed by atoms with E-state index in [1.165, 1.54) is 19.6 Å². The summed E-state index contributed by atoms with van der Waals surface area (Å²) < 4.78 is 55.2. The van der Waals surface area contributed by atoms with Gasteiger partial charge in [0.15, 0.2) is 12.6 Å². The van der Waals surface area contributed by atoms with E-state index in [0.717, 1.165) is 25.5 Å². The lowest BCUT2D eigenvalue weighted by Crippen LogP contribution is -2.66. The molecule has 0 saturated carbocycles. The van der Waals surface area contributed by atoms with Crippen LogP contribution in [-0.4, -0.2) is 177 Å². The van der Waals surface area contributed by atoms with Crippen molar-refractivity contribution in [1.82, 2.24) is 9.80 Å². The number of methoxy groups -OCH3 is 1. The molecular formula is C51H82N2O16. The number of benzene rings is 1. The van der Waals surface area contributed by atoms with Crippen LogP contribution in [0.25, 0.3) is 0 Å². The van der Waals surface area contributed by atoms with E-state index in [9.17, 15) is 34.2 Å². The van der Waals surface area contributed by atoms with Crippen molar-refractivity contribution < 1.29 is 76.8 Å². The molecule has 3 saturated heterocycles. The molecule has 0 aromatic heterocycles. The van der Waals surface area contributed by atoms with Crippen molar-refractivity contribution in [1.29, 1.82) is 0 Å². The smallest absolute Gasteiger partial charge is 0.315 e. The Morgan fingerprint density at radius 2 is 1.68 bits per heavy atom. The SMILES string of the molecule is CCOC(=O)[C@H]1[C@H](C)O[C@@H](O[C@H]2[C@H](N(C)C)[C@@H](O)[C@H](O[C@H]3[C@@H](CC=O)C[C@@H](C)[C@@H](O)CN(CCCCc4ccccc4)CC[C@@H](C)OC(=O)C[C@@H](OC(=O)CC)[C@@H]3OC)O[C@@H]2C)C[C@@]1(C)OC(C)=O. The second kappa shape index (κ2) is 27.9. The third kappa shape index (κ3) is 16.7. The number of hydrogen-bond acceptors (Lipinski definition) is 18. The molecule has 1 aromatic carbocycles. The molecule has 3 fully saturated rings. The fraction of sp³-hybridized carbons (Fsp3) is 0.784. The van der Waals surface area contributed by atoms with E-state index in [0.29, 0.717) is 26.1 Å². The second-order valence-corrected chi connectivity index (χ2v) is 19.5. The first-order chi connectivity index (χ1) is 32.7. The molecule has 69 heavy (non-hydrogen) atoms. The first kappa shape index (κ1) is 58.0. The summed E-state index contributed by atoms with van der Waals surface area (Å²) in [6.45, 7) is 15.0. The van der Waals surface area contributed by atoms with Gasteiger partial charge in [0.05, 0.1) is 43.5 Å². The van der Waals surface area contributed by atoms with Crippen LogP contribution < -0.4 is 0 Å². The van der Waals surface area contributed by atoms with Crippen LogP contribution in [0.2, 0.25) is 0 Å². The molecule has 0 radical (unpaired) electrons. The van der Waals surface area contributed by atoms with Crippen LogP contribution in [-0.2, 0) is 73.0 Å². The zero-order valence-electron chi connectivity index (χ0n) is 42.8. The predicted octanol–water partition coefficient (Wildman–Crippen LogP) is 4.41. The largest absolute Gasteiger partial charge is 0.466 e. The topological polar surface area (TPSA) is 215 Å². The van der Waals surface area contributed by atoms with Gasteiger partial charge in [-0.3, -0.25) is 19.2 Å². The molecule has 3 aliphatic heterocycles. The minimum atomic E-state index is -1.43. The van der Waals surface area contributed by atoms with Gasteiger partial charge >= 0.3 is 23.9 Å². The number of aldehydes is 1. The summed E-state index contributed by atoms with van der Waals surface area (Å²) in [5, 5.41) is 24.2. The molecule has 18 nitrogen and oxygen atoms in total. The number of hydrogen-bond donors (Lipinski definition) is 2. The standard InChI is InChI=1S/C51H82N2O16/c1-12-40(57)66-39-28-41(58)63-32(4)22-25-53(24-18-17-21-36-19-15-14-16-20-36)30-38(56)31(3)27-37(23-26-54)47(48(39)61-11)68-50-45(59)44(52(9)10)46(34(6)65-50)67-42-29-51(8,69-35(7)55)43(33(5)64-42)49(60)62-13-2/h14-16,19-20,26,31-34,37-39,42-48,50,56,59H,12-13,17-18,21-25,27-30H2,1-11H3/t31-,32-,33+,34-,37+,38+,39-,42+,43-,44-,45-,46-,47+,48+,50+,51-/m1/s1. The fourth-order valence-corrected chi connectivity index (χ4v) is 10.2. The lowest BCUT2D eigenvalue weighted by Gasteiger charge is -2.50. The van der Waals surface area contributed by atoms with Gasteiger partial charge in [-0.15, -0.1) is 0 Å². The Labute approximate surface area is 409 Å². The summed E-state index contributed by atoms with van der Waals surface area (Å²) >= 11 is 0. The molecule has 2 N–H and O–H groups in total. The van der Waals surface area contributed by atoms with Gasteiger partial charge in [0.2, 0.25) is 0 Å². The number of aryl methyl sites for hydroxylation is 1. The highest BCUT2D eigenvalue weighted by Crippen LogP contribution is 2.41. The van der Waals surface area contributed by atoms with E-state index in [1.54, 1.807) is 60.5 Å². The third-order valence-electron chi connectivity index (χ3n) is 13.7. The maximum atomic E-state index is 13.8. The maximum Gasteiger partial charge on any atom is 0.315 e. The Morgan fingerprint density at radius 1 is 0.971 bits per heavy atom. The number of aliphatic hydroxyl groups excluding tert-OH is 2. The van der Waals surface area contributed by atoms with Gasteiger partial charge < -0.3 is 67.4 Å². The van der Waals surface area contributed by atoms with Gasteiger partial charge in [-0.25, -0.2) is 0 Å². The van der Waals surface area contributed by atoms with Crippen molar-refractivity contribution in [2.75, 3.05) is 47.4 Å². The number of rotatable bonds is 18. The highest BCUT2D eigenvalue weighted by Gasteiger charge is 2.55. The van der Waals surface area contributed by atoms with Crippen LogP contribution >= 0.6 is 0 Å². The van der Waals surface area contributed by atoms with Crippen LogP contribution in [0, 0.1) is 17.8 Å². The molecule has 3 heterocycles. The molecule has 4 rings (SSSR count). The van der Waals surface area contributed by atoms with E-state index in [1.807, 2.05) is 25.1 Å². The number of unbranched alkanes of at least 4 members (excludes halogenated alkanes) is 1. The molecular weight excluding hydrogens is 897 g/mol. The van der Waals surface area contributed by atoms with Crippen LogP contribution in [0.5, 0.6) is 0 Å². The Kier molecular flexibility index (Phi) is 23.4. The Balaban J connectivity index is 1.66. The van der Waals surface area contributed by atoms with Gasteiger partial charge in [0.25, 0.3) is 0 Å². The minimum Gasteiger partial charge on any atom is -0.466 e. The summed E-state index contributed by atoms with van der Waals surface area (Å²) in [7, 11) is 4.89. The molecule has 0 unspecified atom stereocenters. The number of ether oxygens (including phenoxy) is 9. The Bertz CT molecular complexity index is 1750. The predicted molar refractivity (Wildman–Crippen MR) is 252 cm³/mol. The van der Waals surface area contributed by atoms with Crippen LogP contribution in [0.3, 0.4) is 0 Å². The molecule has 3 aliphatic rings. The Morgan fingerprint density at radius 3 is 2.30 bits per heavy atom. The van der Waals surface area contributed by atoms with Gasteiger partial charge in [-0.05, 0) is 105 Å². The van der Waals surface area contributed by atoms with Crippen LogP contribution in [0.15, 0.2) is 30.3 Å². The number of likely N-dealkylation sites (N-methyl/N-ethyl adjacent to an activating group) is 1. The molecule has 1 aromatic rings. The van der Waals surface area contributed by atoms with Crippen molar-refractivity contribution in [3.8, 4) is 0 Å². The minimum absolute atomic E-state index is 0.00700. The van der Waals surface area contributed by atoms with Crippen molar-refractivity contribution >= 4 is 30.2 Å². The summed E-state index contributed by atoms with van der Waals surface area (Å²) in [6.07, 6.45) is -7.54. The zero-order chi connectivity index (χ0) is 51.0. The quantitative estimate of drug-likeness (QED) is 0.0902. The van der Waals surface area contributed by atoms with Crippen molar-refractivity contribution in [2.24, 2.45) is 17.8 Å². The van der Waals surface area contributed by atoms with Crippen LogP contribution in [0.1, 0.15) is 112 Å². The van der Waals surface area contributed by atoms with Crippen molar-refractivity contribution in [3.05, 3.63) is 35.9 Å². The lowest BCUT2D eigenvalue weighted by molar-refractivity contribution is -0.341. The number of β-amino-alcohol motifs (C(OH)–C–C–N with tert-alkyl or cyclic N) is 1. The first-order valence-electron chi connectivity index (χ1n) is 24.9. The normalized spacial score (nSPS) is 35.5. The summed E-state index contributed by atoms with van der Waals surface area (Å²) in [5.41, 5.74) is -0.107. The number of esters is 4.